The number of nitrogens with one attached hydrogen (secondary N) is 2. The van der Waals surface area contributed by atoms with Gasteiger partial charge in [-0.2, -0.15) is 28.6 Å². The van der Waals surface area contributed by atoms with Gasteiger partial charge in [-0.1, -0.05) is 0 Å². The van der Waals surface area contributed by atoms with Crippen LogP contribution in [0.4, 0.5) is 18.9 Å². The number of aromatic amines is 1. The average molecular weight is 414 g/mol. The second kappa shape index (κ2) is 7.39. The summed E-state index contributed by atoms with van der Waals surface area (Å²) in [4.78, 5) is 12.4. The molecule has 0 bridgehead atoms. The number of carbonyl (C=O) groups is 1. The van der Waals surface area contributed by atoms with E-state index in [4.69, 9.17) is 4.74 Å². The molecule has 10 heteroatoms. The minimum atomic E-state index is -4.41. The maximum atomic E-state index is 12.6. The Morgan fingerprint density at radius 2 is 1.57 bits per heavy atom. The Bertz CT molecular complexity index is 1200. The number of phenols is 1. The maximum absolute atomic E-state index is 12.6. The molecule has 152 valence electrons. The number of hydrogen-bond acceptors (Lipinski definition) is 5. The van der Waals surface area contributed by atoms with Crippen molar-refractivity contribution in [1.82, 2.24) is 15.4 Å². The lowest BCUT2D eigenvalue weighted by atomic mass is 10.1. The number of hydrogen-bond donors (Lipinski definition) is 3. The van der Waals surface area contributed by atoms with Gasteiger partial charge < -0.3 is 15.2 Å². The summed E-state index contributed by atoms with van der Waals surface area (Å²) < 4.78 is 43.3. The van der Waals surface area contributed by atoms with E-state index in [1.54, 1.807) is 30.3 Å². The van der Waals surface area contributed by atoms with Crippen LogP contribution in [0.15, 0.2) is 60.7 Å². The third-order valence-corrected chi connectivity index (χ3v) is 4.24. The summed E-state index contributed by atoms with van der Waals surface area (Å²) in [5, 5.41) is 22.8. The number of nitrogens with zero attached hydrogens (tertiary/aromatic N) is 2. The highest BCUT2D eigenvalue weighted by atomic mass is 19.4. The van der Waals surface area contributed by atoms with Gasteiger partial charge >= 0.3 is 6.18 Å². The Hall–Kier alpha value is -4.08. The number of alkyl halides is 3. The summed E-state index contributed by atoms with van der Waals surface area (Å²) in [5.74, 6) is -0.222. The molecule has 1 heterocycles. The van der Waals surface area contributed by atoms with Crippen molar-refractivity contribution in [2.75, 3.05) is 5.32 Å². The lowest BCUT2D eigenvalue weighted by Crippen LogP contribution is -2.12. The summed E-state index contributed by atoms with van der Waals surface area (Å²) in [6, 6.07) is 13.5. The molecule has 0 aliphatic heterocycles. The van der Waals surface area contributed by atoms with Crippen molar-refractivity contribution in [1.29, 1.82) is 0 Å². The fourth-order valence-electron chi connectivity index (χ4n) is 2.73. The first-order chi connectivity index (χ1) is 14.3. The highest BCUT2D eigenvalue weighted by molar-refractivity contribution is 6.08. The summed E-state index contributed by atoms with van der Waals surface area (Å²) in [6.45, 7) is 0. The highest BCUT2D eigenvalue weighted by Gasteiger charge is 2.30. The van der Waals surface area contributed by atoms with Gasteiger partial charge in [0.2, 0.25) is 0 Å². The Morgan fingerprint density at radius 1 is 0.933 bits per heavy atom. The van der Waals surface area contributed by atoms with Crippen LogP contribution in [0.1, 0.15) is 15.9 Å². The zero-order valence-electron chi connectivity index (χ0n) is 15.1. The molecule has 0 spiro atoms. The highest BCUT2D eigenvalue weighted by Crippen LogP contribution is 2.32. The first-order valence-corrected chi connectivity index (χ1v) is 8.60. The van der Waals surface area contributed by atoms with E-state index in [0.29, 0.717) is 17.0 Å². The molecule has 4 rings (SSSR count). The number of benzene rings is 3. The van der Waals surface area contributed by atoms with E-state index in [0.717, 1.165) is 12.1 Å². The first kappa shape index (κ1) is 19.2. The number of rotatable bonds is 4. The molecule has 4 aromatic rings. The lowest BCUT2D eigenvalue weighted by molar-refractivity contribution is -0.137. The van der Waals surface area contributed by atoms with Crippen LogP contribution in [0.5, 0.6) is 17.2 Å². The fourth-order valence-corrected chi connectivity index (χ4v) is 2.73. The van der Waals surface area contributed by atoms with E-state index in [-0.39, 0.29) is 22.6 Å². The number of aromatic nitrogens is 3. The van der Waals surface area contributed by atoms with Gasteiger partial charge in [-0.3, -0.25) is 4.79 Å². The van der Waals surface area contributed by atoms with Gasteiger partial charge in [0, 0.05) is 5.69 Å². The van der Waals surface area contributed by atoms with Crippen LogP contribution in [0.3, 0.4) is 0 Å². The minimum Gasteiger partial charge on any atom is -0.505 e. The molecule has 0 saturated heterocycles. The molecule has 0 atom stereocenters. The van der Waals surface area contributed by atoms with Crippen molar-refractivity contribution < 1.29 is 27.8 Å². The van der Waals surface area contributed by atoms with Gasteiger partial charge in [-0.05, 0) is 60.7 Å². The normalized spacial score (nSPS) is 11.4. The van der Waals surface area contributed by atoms with Crippen molar-refractivity contribution in [2.45, 2.75) is 6.18 Å². The van der Waals surface area contributed by atoms with Gasteiger partial charge in [-0.25, -0.2) is 0 Å². The summed E-state index contributed by atoms with van der Waals surface area (Å²) in [6.07, 6.45) is -4.41. The number of aromatic hydroxyl groups is 1. The molecule has 0 aliphatic carbocycles. The summed E-state index contributed by atoms with van der Waals surface area (Å²) in [5.41, 5.74) is 0.303. The molecule has 30 heavy (non-hydrogen) atoms. The number of ether oxygens (including phenoxy) is 1. The van der Waals surface area contributed by atoms with E-state index in [2.05, 4.69) is 20.7 Å². The first-order valence-electron chi connectivity index (χ1n) is 8.60. The molecular formula is C20H13F3N4O3. The van der Waals surface area contributed by atoms with E-state index < -0.39 is 17.6 Å². The number of anilines is 1. The van der Waals surface area contributed by atoms with Gasteiger partial charge in [0.15, 0.2) is 11.3 Å². The minimum absolute atomic E-state index is 0.0291. The third kappa shape index (κ3) is 3.88. The number of halogens is 3. The molecule has 0 radical (unpaired) electrons. The van der Waals surface area contributed by atoms with Crippen LogP contribution >= 0.6 is 0 Å². The SMILES string of the molecule is O=C(Nc1ccc(Oc2ccc(C(F)(F)F)cc2)cc1)c1ccc2n[nH]nc2c1O. The van der Waals surface area contributed by atoms with Crippen molar-refractivity contribution in [2.24, 2.45) is 0 Å². The zero-order valence-corrected chi connectivity index (χ0v) is 15.1. The standard InChI is InChI=1S/C20H13F3N4O3/c21-20(22,23)11-1-5-13(6-2-11)30-14-7-3-12(4-8-14)24-19(29)15-9-10-16-17(18(15)28)26-27-25-16/h1-10,28H,(H,24,29)(H,25,26,27). The Morgan fingerprint density at radius 3 is 2.20 bits per heavy atom. The number of fused-ring (bicyclic) bond motifs is 1. The Kier molecular flexibility index (Phi) is 4.74. The van der Waals surface area contributed by atoms with E-state index >= 15 is 0 Å². The second-order valence-corrected chi connectivity index (χ2v) is 6.26. The van der Waals surface area contributed by atoms with Crippen LogP contribution in [-0.2, 0) is 6.18 Å². The quantitative estimate of drug-likeness (QED) is 0.448. The predicted octanol–water partition coefficient (Wildman–Crippen LogP) is 4.73. The number of phenolic OH excluding ortho intramolecular Hbond substituents is 1. The molecule has 0 aliphatic rings. The van der Waals surface area contributed by atoms with E-state index in [9.17, 15) is 23.1 Å². The Balaban J connectivity index is 1.44. The largest absolute Gasteiger partial charge is 0.505 e. The van der Waals surface area contributed by atoms with Gasteiger partial charge in [0.05, 0.1) is 11.1 Å². The van der Waals surface area contributed by atoms with Crippen molar-refractivity contribution in [3.8, 4) is 17.2 Å². The summed E-state index contributed by atoms with van der Waals surface area (Å²) in [7, 11) is 0. The zero-order chi connectivity index (χ0) is 21.3. The van der Waals surface area contributed by atoms with E-state index in [1.807, 2.05) is 0 Å². The molecule has 3 aromatic carbocycles. The molecule has 3 N–H and O–H groups in total. The van der Waals surface area contributed by atoms with Crippen molar-refractivity contribution in [3.63, 3.8) is 0 Å². The number of amides is 1. The number of H-pyrrole nitrogens is 1. The molecular weight excluding hydrogens is 401 g/mol. The second-order valence-electron chi connectivity index (χ2n) is 6.26. The third-order valence-electron chi connectivity index (χ3n) is 4.24. The monoisotopic (exact) mass is 414 g/mol. The molecule has 0 unspecified atom stereocenters. The maximum Gasteiger partial charge on any atom is 0.416 e. The molecule has 1 aromatic heterocycles. The van der Waals surface area contributed by atoms with Crippen LogP contribution in [-0.4, -0.2) is 26.4 Å². The molecule has 1 amide bonds. The van der Waals surface area contributed by atoms with Gasteiger partial charge in [0.25, 0.3) is 5.91 Å². The van der Waals surface area contributed by atoms with Crippen LogP contribution in [0.2, 0.25) is 0 Å². The Labute approximate surface area is 167 Å². The van der Waals surface area contributed by atoms with Crippen LogP contribution in [0.25, 0.3) is 11.0 Å². The van der Waals surface area contributed by atoms with Crippen LogP contribution in [0, 0.1) is 0 Å². The van der Waals surface area contributed by atoms with Gasteiger partial charge in [-0.15, -0.1) is 0 Å². The smallest absolute Gasteiger partial charge is 0.416 e. The number of carbonyl (C=O) groups excluding carboxylic acids is 1. The summed E-state index contributed by atoms with van der Waals surface area (Å²) >= 11 is 0. The lowest BCUT2D eigenvalue weighted by Gasteiger charge is -2.10. The molecule has 7 nitrogen and oxygen atoms in total. The van der Waals surface area contributed by atoms with E-state index in [1.165, 1.54) is 18.2 Å². The molecule has 0 fully saturated rings. The fraction of sp³-hybridized carbons (Fsp3) is 0.0500. The van der Waals surface area contributed by atoms with Gasteiger partial charge in [0.1, 0.15) is 17.0 Å². The average Bonchev–Trinajstić information content (AvgIpc) is 3.19. The van der Waals surface area contributed by atoms with Crippen molar-refractivity contribution >= 4 is 22.6 Å². The van der Waals surface area contributed by atoms with Crippen LogP contribution < -0.4 is 10.1 Å². The predicted molar refractivity (Wildman–Crippen MR) is 101 cm³/mol. The molecule has 0 saturated carbocycles. The van der Waals surface area contributed by atoms with Crippen molar-refractivity contribution in [3.05, 3.63) is 71.8 Å². The topological polar surface area (TPSA) is 100 Å².